The Morgan fingerprint density at radius 1 is 1.44 bits per heavy atom. The lowest BCUT2D eigenvalue weighted by Gasteiger charge is -2.34. The van der Waals surface area contributed by atoms with Crippen molar-refractivity contribution in [2.24, 2.45) is 0 Å². The summed E-state index contributed by atoms with van der Waals surface area (Å²) in [7, 11) is 0. The number of carbonyl (C=O) groups is 2. The Morgan fingerprint density at radius 3 is 2.72 bits per heavy atom. The summed E-state index contributed by atoms with van der Waals surface area (Å²) in [6.45, 7) is 5.35. The molecule has 2 unspecified atom stereocenters. The van der Waals surface area contributed by atoms with Gasteiger partial charge in [0.25, 0.3) is 0 Å². The number of hydrogen-bond acceptors (Lipinski definition) is 4. The van der Waals surface area contributed by atoms with Gasteiger partial charge in [-0.2, -0.15) is 0 Å². The van der Waals surface area contributed by atoms with Crippen LogP contribution in [0.1, 0.15) is 26.7 Å². The zero-order chi connectivity index (χ0) is 13.5. The maximum absolute atomic E-state index is 11.7. The maximum atomic E-state index is 11.7. The molecule has 0 saturated carbocycles. The molecule has 0 aromatic carbocycles. The third-order valence-electron chi connectivity index (χ3n) is 2.87. The molecule has 0 spiro atoms. The van der Waals surface area contributed by atoms with Crippen LogP contribution in [0.2, 0.25) is 0 Å². The fraction of sp³-hybridized carbons (Fsp3) is 0.818. The first-order valence-corrected chi connectivity index (χ1v) is 6.92. The van der Waals surface area contributed by atoms with E-state index in [9.17, 15) is 9.59 Å². The normalized spacial score (nSPS) is 19.6. The van der Waals surface area contributed by atoms with Crippen molar-refractivity contribution >= 4 is 34.9 Å². The summed E-state index contributed by atoms with van der Waals surface area (Å²) in [6.07, 6.45) is 1.14. The molecule has 104 valence electrons. The molecule has 1 heterocycles. The van der Waals surface area contributed by atoms with E-state index in [2.05, 4.69) is 5.32 Å². The minimum Gasteiger partial charge on any atom is -0.374 e. The van der Waals surface area contributed by atoms with E-state index in [1.807, 2.05) is 36.9 Å². The number of ether oxygens (including phenoxy) is 1. The summed E-state index contributed by atoms with van der Waals surface area (Å²) in [6, 6.07) is -0.325. The van der Waals surface area contributed by atoms with Crippen molar-refractivity contribution in [1.82, 2.24) is 10.2 Å². The molecule has 1 saturated heterocycles. The number of hydrogen-bond donors (Lipinski definition) is 1. The molecule has 0 bridgehead atoms. The minimum absolute atomic E-state index is 0.00485. The van der Waals surface area contributed by atoms with Crippen LogP contribution in [0.4, 0.5) is 4.79 Å². The van der Waals surface area contributed by atoms with Crippen molar-refractivity contribution in [1.29, 1.82) is 0 Å². The second kappa shape index (κ2) is 7.90. The van der Waals surface area contributed by atoms with Crippen molar-refractivity contribution < 1.29 is 17.4 Å². The van der Waals surface area contributed by atoms with Crippen LogP contribution < -0.4 is 5.32 Å². The standard InChI is InChI=1S/C11H19IN2O4/c1-3-9(7-17-8(2)6-18-12)14-5-4-10(15)13-11(14)16/h8-9H,3-7H2,1-2H3,(H,13,15,16). The summed E-state index contributed by atoms with van der Waals surface area (Å²) in [5.41, 5.74) is 0. The van der Waals surface area contributed by atoms with E-state index in [1.165, 1.54) is 0 Å². The first kappa shape index (κ1) is 15.6. The Kier molecular flexibility index (Phi) is 6.87. The van der Waals surface area contributed by atoms with E-state index in [0.717, 1.165) is 6.42 Å². The third kappa shape index (κ3) is 4.69. The third-order valence-corrected chi connectivity index (χ3v) is 3.23. The van der Waals surface area contributed by atoms with Gasteiger partial charge in [0, 0.05) is 13.0 Å². The molecule has 3 amide bonds. The van der Waals surface area contributed by atoms with Gasteiger partial charge in [0.05, 0.1) is 25.4 Å². The summed E-state index contributed by atoms with van der Waals surface area (Å²) >= 11 is 1.83. The van der Waals surface area contributed by atoms with E-state index in [1.54, 1.807) is 4.90 Å². The number of rotatable bonds is 7. The average Bonchev–Trinajstić information content (AvgIpc) is 2.32. The fourth-order valence-electron chi connectivity index (χ4n) is 1.77. The number of nitrogens with one attached hydrogen (secondary N) is 1. The summed E-state index contributed by atoms with van der Waals surface area (Å²) in [5, 5.41) is 2.32. The first-order valence-electron chi connectivity index (χ1n) is 6.04. The van der Waals surface area contributed by atoms with Gasteiger partial charge in [-0.1, -0.05) is 6.92 Å². The molecule has 1 fully saturated rings. The molecule has 0 radical (unpaired) electrons. The van der Waals surface area contributed by atoms with E-state index in [-0.39, 0.29) is 24.1 Å². The number of halogens is 1. The van der Waals surface area contributed by atoms with Crippen LogP contribution >= 0.6 is 23.0 Å². The van der Waals surface area contributed by atoms with E-state index < -0.39 is 0 Å². The smallest absolute Gasteiger partial charge is 0.324 e. The predicted molar refractivity (Wildman–Crippen MR) is 74.3 cm³/mol. The number of imide groups is 1. The van der Waals surface area contributed by atoms with Gasteiger partial charge in [0.2, 0.25) is 5.91 Å². The van der Waals surface area contributed by atoms with Crippen molar-refractivity contribution in [3.63, 3.8) is 0 Å². The summed E-state index contributed by atoms with van der Waals surface area (Å²) < 4.78 is 10.6. The van der Waals surface area contributed by atoms with Gasteiger partial charge in [-0.25, -0.2) is 4.79 Å². The average molecular weight is 370 g/mol. The molecular weight excluding hydrogens is 351 g/mol. The van der Waals surface area contributed by atoms with E-state index in [0.29, 0.717) is 26.2 Å². The van der Waals surface area contributed by atoms with Crippen LogP contribution in [0, 0.1) is 0 Å². The zero-order valence-electron chi connectivity index (χ0n) is 10.6. The quantitative estimate of drug-likeness (QED) is 0.690. The Balaban J connectivity index is 2.45. The van der Waals surface area contributed by atoms with E-state index in [4.69, 9.17) is 7.80 Å². The lowest BCUT2D eigenvalue weighted by molar-refractivity contribution is -0.122. The lowest BCUT2D eigenvalue weighted by Crippen LogP contribution is -2.54. The molecule has 6 nitrogen and oxygen atoms in total. The van der Waals surface area contributed by atoms with Gasteiger partial charge in [0.15, 0.2) is 0 Å². The lowest BCUT2D eigenvalue weighted by atomic mass is 10.1. The van der Waals surface area contributed by atoms with Crippen molar-refractivity contribution in [2.75, 3.05) is 19.8 Å². The largest absolute Gasteiger partial charge is 0.374 e. The molecule has 1 aliphatic heterocycles. The summed E-state index contributed by atoms with van der Waals surface area (Å²) in [5.74, 6) is -0.210. The summed E-state index contributed by atoms with van der Waals surface area (Å²) in [4.78, 5) is 24.4. The van der Waals surface area contributed by atoms with Crippen molar-refractivity contribution in [2.45, 2.75) is 38.8 Å². The molecule has 2 atom stereocenters. The van der Waals surface area contributed by atoms with Gasteiger partial charge < -0.3 is 12.7 Å². The number of urea groups is 1. The molecule has 0 aromatic heterocycles. The highest BCUT2D eigenvalue weighted by Crippen LogP contribution is 2.11. The van der Waals surface area contributed by atoms with Gasteiger partial charge in [-0.3, -0.25) is 10.1 Å². The van der Waals surface area contributed by atoms with Gasteiger partial charge in [0.1, 0.15) is 23.0 Å². The number of amides is 3. The predicted octanol–water partition coefficient (Wildman–Crippen LogP) is 1.48. The second-order valence-electron chi connectivity index (χ2n) is 4.28. The monoisotopic (exact) mass is 370 g/mol. The van der Waals surface area contributed by atoms with Gasteiger partial charge in [-0.15, -0.1) is 0 Å². The molecule has 0 aliphatic carbocycles. The van der Waals surface area contributed by atoms with Gasteiger partial charge >= 0.3 is 6.03 Å². The van der Waals surface area contributed by atoms with Crippen LogP contribution in [0.5, 0.6) is 0 Å². The Bertz CT molecular complexity index is 301. The van der Waals surface area contributed by atoms with Crippen LogP contribution in [0.3, 0.4) is 0 Å². The highest BCUT2D eigenvalue weighted by molar-refractivity contribution is 14.1. The Hall–Kier alpha value is -0.410. The van der Waals surface area contributed by atoms with Crippen LogP contribution in [0.15, 0.2) is 0 Å². The highest BCUT2D eigenvalue weighted by atomic mass is 127. The van der Waals surface area contributed by atoms with Crippen molar-refractivity contribution in [3.05, 3.63) is 0 Å². The Labute approximate surface area is 121 Å². The second-order valence-corrected chi connectivity index (χ2v) is 4.90. The molecule has 18 heavy (non-hydrogen) atoms. The molecule has 1 aliphatic rings. The zero-order valence-corrected chi connectivity index (χ0v) is 12.8. The molecular formula is C11H19IN2O4. The van der Waals surface area contributed by atoms with Crippen LogP contribution in [0.25, 0.3) is 0 Å². The first-order chi connectivity index (χ1) is 8.58. The van der Waals surface area contributed by atoms with Crippen LogP contribution in [-0.2, 0) is 12.6 Å². The highest BCUT2D eigenvalue weighted by Gasteiger charge is 2.28. The molecule has 1 N–H and O–H groups in total. The molecule has 1 rings (SSSR count). The van der Waals surface area contributed by atoms with E-state index >= 15 is 0 Å². The fourth-order valence-corrected chi connectivity index (χ4v) is 2.27. The maximum Gasteiger partial charge on any atom is 0.324 e. The molecule has 0 aromatic rings. The molecule has 7 heteroatoms. The Morgan fingerprint density at radius 2 is 2.17 bits per heavy atom. The number of carbonyl (C=O) groups excluding carboxylic acids is 2. The van der Waals surface area contributed by atoms with Gasteiger partial charge in [-0.05, 0) is 13.3 Å². The number of nitrogens with zero attached hydrogens (tertiary/aromatic N) is 1. The van der Waals surface area contributed by atoms with Crippen LogP contribution in [-0.4, -0.2) is 48.7 Å². The SMILES string of the molecule is CCC(COC(C)COI)N1CCC(=O)NC1=O. The topological polar surface area (TPSA) is 67.9 Å². The minimum atomic E-state index is -0.320. The van der Waals surface area contributed by atoms with Crippen molar-refractivity contribution in [3.8, 4) is 0 Å².